The van der Waals surface area contributed by atoms with Gasteiger partial charge in [-0.1, -0.05) is 6.92 Å². The maximum atomic E-state index is 11.3. The standard InChI is InChI=1S/C7H16NO5P/c1-5-7(6(9)10,8(2,3)4)14(11,12)13/h5H2,1-4H3,(H2-,9,10,11,12,13)/p+1. The van der Waals surface area contributed by atoms with Crippen LogP contribution in [0.1, 0.15) is 13.3 Å². The molecule has 1 unspecified atom stereocenters. The summed E-state index contributed by atoms with van der Waals surface area (Å²) in [4.78, 5) is 29.3. The molecule has 0 aliphatic rings. The molecule has 0 aromatic heterocycles. The molecule has 0 aliphatic heterocycles. The number of quaternary nitrogens is 1. The Bertz CT molecular complexity index is 278. The van der Waals surface area contributed by atoms with Crippen molar-refractivity contribution in [2.24, 2.45) is 0 Å². The highest BCUT2D eigenvalue weighted by atomic mass is 31.2. The third-order valence-corrected chi connectivity index (χ3v) is 4.50. The lowest BCUT2D eigenvalue weighted by atomic mass is 10.1. The quantitative estimate of drug-likeness (QED) is 0.465. The molecule has 0 saturated heterocycles. The van der Waals surface area contributed by atoms with Crippen LogP contribution in [-0.2, 0) is 9.36 Å². The van der Waals surface area contributed by atoms with Crippen molar-refractivity contribution in [3.8, 4) is 0 Å². The molecule has 0 radical (unpaired) electrons. The number of hydrogen-bond acceptors (Lipinski definition) is 2. The van der Waals surface area contributed by atoms with E-state index >= 15 is 0 Å². The second kappa shape index (κ2) is 3.62. The fourth-order valence-corrected chi connectivity index (χ4v) is 3.08. The van der Waals surface area contributed by atoms with E-state index in [1.54, 1.807) is 0 Å². The van der Waals surface area contributed by atoms with Crippen LogP contribution in [0.4, 0.5) is 0 Å². The lowest BCUT2D eigenvalue weighted by Gasteiger charge is -2.41. The smallest absolute Gasteiger partial charge is 0.397 e. The zero-order chi connectivity index (χ0) is 11.8. The minimum atomic E-state index is -4.71. The molecular formula is C7H17NO5P+. The van der Waals surface area contributed by atoms with Crippen LogP contribution in [0, 0.1) is 0 Å². The Kier molecular flexibility index (Phi) is 3.51. The second-order valence-corrected chi connectivity index (χ2v) is 5.86. The van der Waals surface area contributed by atoms with Crippen molar-refractivity contribution in [1.29, 1.82) is 0 Å². The third-order valence-electron chi connectivity index (χ3n) is 2.43. The first kappa shape index (κ1) is 13.6. The predicted octanol–water partition coefficient (Wildman–Crippen LogP) is 0.0612. The summed E-state index contributed by atoms with van der Waals surface area (Å²) >= 11 is 0. The lowest BCUT2D eigenvalue weighted by molar-refractivity contribution is -0.900. The van der Waals surface area contributed by atoms with Crippen LogP contribution >= 0.6 is 7.60 Å². The Hall–Kier alpha value is -0.420. The third kappa shape index (κ3) is 1.83. The fourth-order valence-electron chi connectivity index (χ4n) is 1.63. The van der Waals surface area contributed by atoms with Crippen LogP contribution in [0.2, 0.25) is 0 Å². The van der Waals surface area contributed by atoms with Crippen LogP contribution in [0.3, 0.4) is 0 Å². The van der Waals surface area contributed by atoms with Gasteiger partial charge in [0.05, 0.1) is 21.1 Å². The topological polar surface area (TPSA) is 94.8 Å². The summed E-state index contributed by atoms with van der Waals surface area (Å²) in [5, 5.41) is 6.92. The number of carboxylic acid groups (broad SMARTS) is 1. The van der Waals surface area contributed by atoms with E-state index in [0.717, 1.165) is 0 Å². The molecule has 0 rings (SSSR count). The Balaban J connectivity index is 5.71. The van der Waals surface area contributed by atoms with Gasteiger partial charge < -0.3 is 19.4 Å². The van der Waals surface area contributed by atoms with Gasteiger partial charge in [0.2, 0.25) is 0 Å². The minimum absolute atomic E-state index is 0.129. The van der Waals surface area contributed by atoms with Gasteiger partial charge in [0.25, 0.3) is 5.28 Å². The molecule has 0 heterocycles. The first-order chi connectivity index (χ1) is 6.00. The van der Waals surface area contributed by atoms with Gasteiger partial charge >= 0.3 is 13.6 Å². The maximum Gasteiger partial charge on any atom is 0.397 e. The maximum absolute atomic E-state index is 11.3. The summed E-state index contributed by atoms with van der Waals surface area (Å²) in [5.74, 6) is -1.47. The highest BCUT2D eigenvalue weighted by molar-refractivity contribution is 7.54. The van der Waals surface area contributed by atoms with E-state index in [4.69, 9.17) is 14.9 Å². The van der Waals surface area contributed by atoms with Crippen molar-refractivity contribution in [2.75, 3.05) is 21.1 Å². The Morgan fingerprint density at radius 2 is 1.71 bits per heavy atom. The van der Waals surface area contributed by atoms with Crippen LogP contribution in [0.5, 0.6) is 0 Å². The number of aliphatic carboxylic acids is 1. The molecule has 0 aliphatic carbocycles. The summed E-state index contributed by atoms with van der Waals surface area (Å²) in [6.07, 6.45) is -0.129. The first-order valence-corrected chi connectivity index (χ1v) is 5.72. The number of likely N-dealkylation sites (N-methyl/N-ethyl adjacent to an activating group) is 1. The van der Waals surface area contributed by atoms with Crippen molar-refractivity contribution in [3.05, 3.63) is 0 Å². The fraction of sp³-hybridized carbons (Fsp3) is 0.857. The molecular weight excluding hydrogens is 209 g/mol. The highest BCUT2D eigenvalue weighted by Crippen LogP contribution is 2.55. The molecule has 6 nitrogen and oxygen atoms in total. The van der Waals surface area contributed by atoms with Crippen LogP contribution in [0.15, 0.2) is 0 Å². The second-order valence-electron chi connectivity index (χ2n) is 4.03. The van der Waals surface area contributed by atoms with E-state index < -0.39 is 18.8 Å². The first-order valence-electron chi connectivity index (χ1n) is 4.11. The van der Waals surface area contributed by atoms with Crippen molar-refractivity contribution >= 4 is 13.6 Å². The summed E-state index contributed by atoms with van der Waals surface area (Å²) in [6, 6.07) is 0. The van der Waals surface area contributed by atoms with Crippen molar-refractivity contribution in [2.45, 2.75) is 18.6 Å². The molecule has 84 valence electrons. The number of carbonyl (C=O) groups is 1. The molecule has 14 heavy (non-hydrogen) atoms. The van der Waals surface area contributed by atoms with Gasteiger partial charge in [-0.3, -0.25) is 4.57 Å². The van der Waals surface area contributed by atoms with Gasteiger partial charge in [-0.05, 0) is 0 Å². The SMILES string of the molecule is CCC(C(=O)O)([N+](C)(C)C)P(=O)(O)O. The molecule has 0 aromatic rings. The van der Waals surface area contributed by atoms with Gasteiger partial charge in [0.15, 0.2) is 0 Å². The zero-order valence-corrected chi connectivity index (χ0v) is 9.65. The molecule has 0 saturated carbocycles. The van der Waals surface area contributed by atoms with Crippen molar-refractivity contribution < 1.29 is 28.7 Å². The number of hydrogen-bond donors (Lipinski definition) is 3. The predicted molar refractivity (Wildman–Crippen MR) is 50.7 cm³/mol. The summed E-state index contributed by atoms with van der Waals surface area (Å²) in [5.41, 5.74) is 0. The monoisotopic (exact) mass is 226 g/mol. The molecule has 0 fully saturated rings. The van der Waals surface area contributed by atoms with E-state index in [1.807, 2.05) is 0 Å². The van der Waals surface area contributed by atoms with Gasteiger partial charge in [0.1, 0.15) is 0 Å². The van der Waals surface area contributed by atoms with Crippen molar-refractivity contribution in [1.82, 2.24) is 0 Å². The normalized spacial score (nSPS) is 17.6. The van der Waals surface area contributed by atoms with Gasteiger partial charge in [-0.25, -0.2) is 4.79 Å². The van der Waals surface area contributed by atoms with E-state index in [-0.39, 0.29) is 10.9 Å². The Labute approximate surface area is 82.9 Å². The highest BCUT2D eigenvalue weighted by Gasteiger charge is 2.63. The van der Waals surface area contributed by atoms with Crippen LogP contribution in [0.25, 0.3) is 0 Å². The summed E-state index contributed by atoms with van der Waals surface area (Å²) in [6.45, 7) is 1.46. The van der Waals surface area contributed by atoms with E-state index in [0.29, 0.717) is 0 Å². The summed E-state index contributed by atoms with van der Waals surface area (Å²) < 4.78 is 11.0. The van der Waals surface area contributed by atoms with Gasteiger partial charge in [-0.2, -0.15) is 0 Å². The average molecular weight is 226 g/mol. The molecule has 1 atom stereocenters. The van der Waals surface area contributed by atoms with Crippen molar-refractivity contribution in [3.63, 3.8) is 0 Å². The number of carboxylic acids is 1. The number of rotatable bonds is 4. The van der Waals surface area contributed by atoms with Gasteiger partial charge in [0, 0.05) is 6.42 Å². The molecule has 7 heteroatoms. The van der Waals surface area contributed by atoms with E-state index in [9.17, 15) is 9.36 Å². The Morgan fingerprint density at radius 3 is 1.71 bits per heavy atom. The molecule has 0 amide bonds. The lowest BCUT2D eigenvalue weighted by Crippen LogP contribution is -2.61. The Morgan fingerprint density at radius 1 is 1.36 bits per heavy atom. The largest absolute Gasteiger partial charge is 0.476 e. The van der Waals surface area contributed by atoms with E-state index in [1.165, 1.54) is 28.1 Å². The van der Waals surface area contributed by atoms with E-state index in [2.05, 4.69) is 0 Å². The van der Waals surface area contributed by atoms with Gasteiger partial charge in [-0.15, -0.1) is 0 Å². The average Bonchev–Trinajstić information content (AvgIpc) is 1.80. The molecule has 3 N–H and O–H groups in total. The molecule has 0 aromatic carbocycles. The molecule has 0 spiro atoms. The summed E-state index contributed by atoms with van der Waals surface area (Å²) in [7, 11) is -0.347. The zero-order valence-electron chi connectivity index (χ0n) is 8.76. The van der Waals surface area contributed by atoms with Crippen LogP contribution in [-0.4, -0.2) is 51.8 Å². The molecule has 0 bridgehead atoms. The minimum Gasteiger partial charge on any atom is -0.476 e. The van der Waals surface area contributed by atoms with Crippen LogP contribution < -0.4 is 0 Å². The number of nitrogens with zero attached hydrogens (tertiary/aromatic N) is 1.